The molecule has 1 saturated carbocycles. The van der Waals surface area contributed by atoms with Crippen LogP contribution in [-0.2, 0) is 13.1 Å². The van der Waals surface area contributed by atoms with E-state index >= 15 is 0 Å². The lowest BCUT2D eigenvalue weighted by Gasteiger charge is -2.27. The summed E-state index contributed by atoms with van der Waals surface area (Å²) >= 11 is 0. The van der Waals surface area contributed by atoms with E-state index in [4.69, 9.17) is 4.74 Å². The quantitative estimate of drug-likeness (QED) is 0.446. The lowest BCUT2D eigenvalue weighted by atomic mass is 9.86. The van der Waals surface area contributed by atoms with Crippen molar-refractivity contribution < 1.29 is 9.13 Å². The van der Waals surface area contributed by atoms with Gasteiger partial charge in [-0.1, -0.05) is 12.1 Å². The van der Waals surface area contributed by atoms with Crippen LogP contribution in [0, 0.1) is 11.7 Å². The highest BCUT2D eigenvalue weighted by atomic mass is 19.1. The van der Waals surface area contributed by atoms with Crippen molar-refractivity contribution in [2.24, 2.45) is 5.92 Å². The molecule has 2 aromatic carbocycles. The highest BCUT2D eigenvalue weighted by Crippen LogP contribution is 2.41. The summed E-state index contributed by atoms with van der Waals surface area (Å²) in [5.41, 5.74) is 3.06. The van der Waals surface area contributed by atoms with Crippen LogP contribution in [0.5, 0.6) is 5.75 Å². The number of benzene rings is 2. The molecule has 0 radical (unpaired) electrons. The Labute approximate surface area is 191 Å². The molecular weight excluding hydrogens is 421 g/mol. The van der Waals surface area contributed by atoms with Gasteiger partial charge in [-0.25, -0.2) is 14.1 Å². The van der Waals surface area contributed by atoms with Crippen LogP contribution in [-0.4, -0.2) is 42.9 Å². The highest BCUT2D eigenvalue weighted by molar-refractivity contribution is 5.43. The Morgan fingerprint density at radius 2 is 2.00 bits per heavy atom. The zero-order chi connectivity index (χ0) is 22.6. The fourth-order valence-corrected chi connectivity index (χ4v) is 4.94. The fraction of sp³-hybridized carbons (Fsp3) is 0.333. The minimum Gasteiger partial charge on any atom is -0.496 e. The summed E-state index contributed by atoms with van der Waals surface area (Å²) in [6.45, 7) is 1.53. The van der Waals surface area contributed by atoms with Crippen LogP contribution in [0.2, 0.25) is 0 Å². The van der Waals surface area contributed by atoms with Crippen molar-refractivity contribution >= 4 is 0 Å². The molecular formula is C24H26FN7O. The molecule has 1 fully saturated rings. The number of hydrogen-bond donors (Lipinski definition) is 1. The molecule has 2 heterocycles. The van der Waals surface area contributed by atoms with Crippen LogP contribution in [0.1, 0.15) is 29.9 Å². The van der Waals surface area contributed by atoms with Crippen molar-refractivity contribution in [3.05, 3.63) is 84.5 Å². The van der Waals surface area contributed by atoms with Crippen LogP contribution in [0.25, 0.3) is 5.69 Å². The predicted octanol–water partition coefficient (Wildman–Crippen LogP) is 3.36. The van der Waals surface area contributed by atoms with Crippen molar-refractivity contribution in [2.45, 2.75) is 37.9 Å². The summed E-state index contributed by atoms with van der Waals surface area (Å²) in [7, 11) is 1.67. The number of methoxy groups -OCH3 is 1. The van der Waals surface area contributed by atoms with Crippen LogP contribution in [0.3, 0.4) is 0 Å². The van der Waals surface area contributed by atoms with Crippen LogP contribution in [0.15, 0.2) is 67.5 Å². The molecule has 33 heavy (non-hydrogen) atoms. The van der Waals surface area contributed by atoms with Crippen LogP contribution in [0.4, 0.5) is 4.39 Å². The van der Waals surface area contributed by atoms with Crippen molar-refractivity contribution in [3.8, 4) is 11.4 Å². The minimum atomic E-state index is -0.212. The van der Waals surface area contributed by atoms with Gasteiger partial charge in [0.1, 0.15) is 17.9 Å². The maximum atomic E-state index is 13.6. The number of nitrogens with one attached hydrogen (secondary N) is 1. The maximum absolute atomic E-state index is 13.6. The van der Waals surface area contributed by atoms with Crippen LogP contribution < -0.4 is 10.1 Å². The topological polar surface area (TPSA) is 82.7 Å². The monoisotopic (exact) mass is 447 g/mol. The lowest BCUT2D eigenvalue weighted by molar-refractivity contribution is 0.371. The minimum absolute atomic E-state index is 0.212. The highest BCUT2D eigenvalue weighted by Gasteiger charge is 2.37. The Balaban J connectivity index is 1.37. The Morgan fingerprint density at radius 1 is 1.12 bits per heavy atom. The van der Waals surface area contributed by atoms with Crippen molar-refractivity contribution in [1.82, 2.24) is 35.1 Å². The molecule has 9 heteroatoms. The van der Waals surface area contributed by atoms with Gasteiger partial charge >= 0.3 is 0 Å². The smallest absolute Gasteiger partial charge is 0.143 e. The van der Waals surface area contributed by atoms with Gasteiger partial charge in [0.2, 0.25) is 0 Å². The van der Waals surface area contributed by atoms with Crippen LogP contribution >= 0.6 is 0 Å². The molecule has 1 aliphatic rings. The van der Waals surface area contributed by atoms with Gasteiger partial charge in [0.15, 0.2) is 0 Å². The second-order valence-electron chi connectivity index (χ2n) is 8.41. The third-order valence-electron chi connectivity index (χ3n) is 6.48. The number of nitrogens with zero attached hydrogens (tertiary/aromatic N) is 6. The van der Waals surface area contributed by atoms with Gasteiger partial charge in [-0.3, -0.25) is 0 Å². The van der Waals surface area contributed by atoms with Crippen molar-refractivity contribution in [3.63, 3.8) is 0 Å². The van der Waals surface area contributed by atoms with Gasteiger partial charge in [0.25, 0.3) is 0 Å². The molecule has 170 valence electrons. The first-order valence-electron chi connectivity index (χ1n) is 11.1. The molecule has 1 N–H and O–H groups in total. The Hall–Kier alpha value is -3.59. The van der Waals surface area contributed by atoms with Gasteiger partial charge in [-0.2, -0.15) is 0 Å². The normalized spacial score (nSPS) is 20.2. The number of tetrazole rings is 1. The standard InChI is InChI=1S/C24H26FN7O/c1-33-23-9-7-21(32-16-28-29-30-32)12-19(23)13-27-22-8-4-18(14-31-11-10-26-15-31)24(22)17-2-5-20(25)6-3-17/h2-3,5-7,9-12,15-16,18,22,24,27H,4,8,13-14H2,1H3/t18-,22+,24-/m1/s1. The second-order valence-corrected chi connectivity index (χ2v) is 8.41. The zero-order valence-electron chi connectivity index (χ0n) is 18.4. The summed E-state index contributed by atoms with van der Waals surface area (Å²) in [5.74, 6) is 1.29. The molecule has 0 spiro atoms. The fourth-order valence-electron chi connectivity index (χ4n) is 4.94. The van der Waals surface area contributed by atoms with E-state index in [1.165, 1.54) is 0 Å². The third kappa shape index (κ3) is 4.63. The van der Waals surface area contributed by atoms with Gasteiger partial charge in [0, 0.05) is 43.0 Å². The Morgan fingerprint density at radius 3 is 2.73 bits per heavy atom. The molecule has 8 nitrogen and oxygen atoms in total. The average Bonchev–Trinajstić information content (AvgIpc) is 3.61. The van der Waals surface area contributed by atoms with E-state index in [1.807, 2.05) is 49.1 Å². The zero-order valence-corrected chi connectivity index (χ0v) is 18.4. The van der Waals surface area contributed by atoms with E-state index in [1.54, 1.807) is 30.3 Å². The number of ether oxygens (including phenoxy) is 1. The SMILES string of the molecule is COc1ccc(-n2cnnn2)cc1CN[C@H]1CC[C@H](Cn2ccnc2)[C@H]1c1ccc(F)cc1. The Bertz CT molecular complexity index is 1160. The Kier molecular flexibility index (Phi) is 6.12. The van der Waals surface area contributed by atoms with E-state index < -0.39 is 0 Å². The molecule has 5 rings (SSSR count). The van der Waals surface area contributed by atoms with E-state index in [9.17, 15) is 4.39 Å². The molecule has 0 amide bonds. The largest absolute Gasteiger partial charge is 0.496 e. The van der Waals surface area contributed by atoms with Crippen molar-refractivity contribution in [2.75, 3.05) is 7.11 Å². The molecule has 4 aromatic rings. The average molecular weight is 448 g/mol. The van der Waals surface area contributed by atoms with Crippen molar-refractivity contribution in [1.29, 1.82) is 0 Å². The number of halogens is 1. The predicted molar refractivity (Wildman–Crippen MR) is 120 cm³/mol. The molecule has 1 aliphatic carbocycles. The number of imidazole rings is 1. The first-order chi connectivity index (χ1) is 16.2. The van der Waals surface area contributed by atoms with Gasteiger partial charge in [-0.05, 0) is 65.1 Å². The van der Waals surface area contributed by atoms with Gasteiger partial charge in [-0.15, -0.1) is 5.10 Å². The van der Waals surface area contributed by atoms with E-state index in [0.29, 0.717) is 12.5 Å². The summed E-state index contributed by atoms with van der Waals surface area (Å²) < 4.78 is 23.0. The number of hydrogen-bond acceptors (Lipinski definition) is 6. The van der Waals surface area contributed by atoms with E-state index in [-0.39, 0.29) is 17.8 Å². The van der Waals surface area contributed by atoms with E-state index in [2.05, 4.69) is 30.4 Å². The van der Waals surface area contributed by atoms with Gasteiger partial charge < -0.3 is 14.6 Å². The lowest BCUT2D eigenvalue weighted by Crippen LogP contribution is -2.33. The van der Waals surface area contributed by atoms with Gasteiger partial charge in [0.05, 0.1) is 19.1 Å². The second kappa shape index (κ2) is 9.50. The molecule has 0 aliphatic heterocycles. The third-order valence-corrected chi connectivity index (χ3v) is 6.48. The molecule has 0 saturated heterocycles. The molecule has 0 bridgehead atoms. The molecule has 3 atom stereocenters. The van der Waals surface area contributed by atoms with E-state index in [0.717, 1.165) is 42.0 Å². The summed E-state index contributed by atoms with van der Waals surface area (Å²) in [5, 5.41) is 15.2. The molecule has 0 unspecified atom stereocenters. The maximum Gasteiger partial charge on any atom is 0.143 e. The number of rotatable bonds is 8. The summed E-state index contributed by atoms with van der Waals surface area (Å²) in [4.78, 5) is 4.18. The first kappa shape index (κ1) is 21.3. The summed E-state index contributed by atoms with van der Waals surface area (Å²) in [6, 6.07) is 13.1. The molecule has 2 aromatic heterocycles. The summed E-state index contributed by atoms with van der Waals surface area (Å²) in [6.07, 6.45) is 9.36. The number of aromatic nitrogens is 6. The first-order valence-corrected chi connectivity index (χ1v) is 11.1.